The van der Waals surface area contributed by atoms with Gasteiger partial charge in [-0.3, -0.25) is 14.6 Å². The lowest BCUT2D eigenvalue weighted by Gasteiger charge is -2.31. The second-order valence-electron chi connectivity index (χ2n) is 8.10. The predicted octanol–water partition coefficient (Wildman–Crippen LogP) is -3.30. The van der Waals surface area contributed by atoms with E-state index in [9.17, 15) is 39.9 Å². The van der Waals surface area contributed by atoms with Gasteiger partial charge in [0.2, 0.25) is 11.8 Å². The molecular weight excluding hydrogens is 454 g/mol. The first-order valence-electron chi connectivity index (χ1n) is 10.4. The van der Waals surface area contributed by atoms with E-state index in [4.69, 9.17) is 10.5 Å². The number of aliphatic hydroxyl groups excluding tert-OH is 3. The third-order valence-electron chi connectivity index (χ3n) is 5.79. The molecule has 9 N–H and O–H groups in total. The number of aromatic nitrogens is 1. The molecule has 3 heterocycles. The Labute approximate surface area is 193 Å². The number of rotatable bonds is 8. The topological polar surface area (TPSA) is 228 Å². The zero-order valence-electron chi connectivity index (χ0n) is 18.1. The Morgan fingerprint density at radius 2 is 2.03 bits per heavy atom. The number of carboxylic acids is 1. The number of nitrogens with zero attached hydrogens (tertiary/aromatic N) is 2. The summed E-state index contributed by atoms with van der Waals surface area (Å²) in [7, 11) is 0. The maximum atomic E-state index is 12.7. The fourth-order valence-electron chi connectivity index (χ4n) is 3.67. The minimum atomic E-state index is -1.78. The number of carboxylic acid groups (broad SMARTS) is 1. The molecule has 0 aromatic carbocycles. The largest absolute Gasteiger partial charge is 0.506 e. The summed E-state index contributed by atoms with van der Waals surface area (Å²) < 4.78 is 5.56. The minimum absolute atomic E-state index is 0.0494. The van der Waals surface area contributed by atoms with E-state index >= 15 is 0 Å². The Kier molecular flexibility index (Phi) is 7.68. The van der Waals surface area contributed by atoms with E-state index < -0.39 is 60.5 Å². The van der Waals surface area contributed by atoms with Gasteiger partial charge < -0.3 is 51.5 Å². The molecule has 34 heavy (non-hydrogen) atoms. The molecule has 2 amide bonds. The van der Waals surface area contributed by atoms with Crippen molar-refractivity contribution in [3.63, 3.8) is 0 Å². The number of carbonyl (C=O) groups excluding carboxylic acids is 2. The van der Waals surface area contributed by atoms with Crippen LogP contribution in [0.15, 0.2) is 30.6 Å². The van der Waals surface area contributed by atoms with Gasteiger partial charge in [0.15, 0.2) is 12.3 Å². The molecule has 8 unspecified atom stereocenters. The van der Waals surface area contributed by atoms with Crippen molar-refractivity contribution in [3.05, 3.63) is 36.3 Å². The van der Waals surface area contributed by atoms with Crippen molar-refractivity contribution in [2.24, 2.45) is 11.7 Å². The van der Waals surface area contributed by atoms with E-state index in [0.29, 0.717) is 0 Å². The molecule has 0 bridgehead atoms. The summed E-state index contributed by atoms with van der Waals surface area (Å²) in [6.45, 7) is 1.41. The van der Waals surface area contributed by atoms with Crippen LogP contribution in [-0.4, -0.2) is 96.5 Å². The first-order chi connectivity index (χ1) is 16.0. The number of hydrogen-bond acceptors (Lipinski definition) is 11. The van der Waals surface area contributed by atoms with E-state index in [1.807, 2.05) is 0 Å². The van der Waals surface area contributed by atoms with Crippen LogP contribution in [0.25, 0.3) is 0 Å². The molecule has 186 valence electrons. The Bertz CT molecular complexity index is 943. The summed E-state index contributed by atoms with van der Waals surface area (Å²) in [6, 6.07) is -0.517. The maximum absolute atomic E-state index is 12.7. The smallest absolute Gasteiger partial charge is 0.329 e. The molecule has 3 rings (SSSR count). The highest BCUT2D eigenvalue weighted by molar-refractivity contribution is 5.88. The maximum Gasteiger partial charge on any atom is 0.329 e. The minimum Gasteiger partial charge on any atom is -0.506 e. The number of aliphatic carboxylic acids is 1. The highest BCUT2D eigenvalue weighted by Gasteiger charge is 2.51. The zero-order valence-corrected chi connectivity index (χ0v) is 18.1. The third-order valence-corrected chi connectivity index (χ3v) is 5.79. The number of hydrogen-bond donors (Lipinski definition) is 8. The Morgan fingerprint density at radius 1 is 1.32 bits per heavy atom. The zero-order chi connectivity index (χ0) is 25.2. The molecule has 0 radical (unpaired) electrons. The quantitative estimate of drug-likeness (QED) is 0.183. The van der Waals surface area contributed by atoms with Gasteiger partial charge >= 0.3 is 5.97 Å². The highest BCUT2D eigenvalue weighted by atomic mass is 16.6. The first kappa shape index (κ1) is 25.3. The molecule has 2 aliphatic heterocycles. The second kappa shape index (κ2) is 10.3. The number of nitrogens with one attached hydrogen (secondary N) is 2. The molecule has 1 saturated heterocycles. The summed E-state index contributed by atoms with van der Waals surface area (Å²) in [5.41, 5.74) is 6.09. The van der Waals surface area contributed by atoms with Gasteiger partial charge in [0, 0.05) is 18.2 Å². The molecule has 1 fully saturated rings. The van der Waals surface area contributed by atoms with Gasteiger partial charge in [-0.25, -0.2) is 4.79 Å². The average Bonchev–Trinajstić information content (AvgIpc) is 3.10. The van der Waals surface area contributed by atoms with Gasteiger partial charge in [-0.15, -0.1) is 0 Å². The molecule has 0 saturated carbocycles. The van der Waals surface area contributed by atoms with Crippen LogP contribution in [0.3, 0.4) is 0 Å². The standard InChI is InChI=1S/C20H27N5O9/c1-8(14(28)10-3-2-9(26)6-22-10)12(21)18(31)24-13(20(32)33)17-15(29)16(30)19(34-17)25-5-4-11(27)23-7-25/h2-6,8,12-17,19,26,28-30H,7,21H2,1H3,(H,23,27)(H,24,31)(H,32,33). The molecule has 0 aliphatic carbocycles. The van der Waals surface area contributed by atoms with Crippen LogP contribution in [0, 0.1) is 5.92 Å². The van der Waals surface area contributed by atoms with Crippen molar-refractivity contribution >= 4 is 17.8 Å². The fourth-order valence-corrected chi connectivity index (χ4v) is 3.67. The number of nitrogens with two attached hydrogens (primary N) is 1. The van der Waals surface area contributed by atoms with Crippen molar-refractivity contribution in [3.8, 4) is 5.75 Å². The van der Waals surface area contributed by atoms with Gasteiger partial charge in [-0.1, -0.05) is 6.92 Å². The SMILES string of the molecule is CC(C(N)C(=O)NC(C(=O)O)C1OC(N2C=CC(=O)NC2)C(O)C1O)C(O)c1ccc(O)cn1. The normalized spacial score (nSPS) is 28.0. The average molecular weight is 481 g/mol. The van der Waals surface area contributed by atoms with E-state index in [2.05, 4.69) is 15.6 Å². The van der Waals surface area contributed by atoms with E-state index in [-0.39, 0.29) is 24.0 Å². The van der Waals surface area contributed by atoms with Gasteiger partial charge in [-0.2, -0.15) is 0 Å². The number of carbonyl (C=O) groups is 3. The van der Waals surface area contributed by atoms with Crippen molar-refractivity contribution in [1.82, 2.24) is 20.5 Å². The van der Waals surface area contributed by atoms with Crippen molar-refractivity contribution in [1.29, 1.82) is 0 Å². The molecule has 0 spiro atoms. The number of amides is 2. The van der Waals surface area contributed by atoms with Gasteiger partial charge in [0.25, 0.3) is 0 Å². The Hall–Kier alpha value is -3.30. The summed E-state index contributed by atoms with van der Waals surface area (Å²) in [6.07, 6.45) is -3.65. The number of ether oxygens (including phenoxy) is 1. The van der Waals surface area contributed by atoms with Crippen LogP contribution in [0.2, 0.25) is 0 Å². The first-order valence-corrected chi connectivity index (χ1v) is 10.4. The van der Waals surface area contributed by atoms with E-state index in [1.165, 1.54) is 36.2 Å². The van der Waals surface area contributed by atoms with Crippen molar-refractivity contribution in [2.45, 2.75) is 49.7 Å². The van der Waals surface area contributed by atoms with Crippen LogP contribution in [0.1, 0.15) is 18.7 Å². The lowest BCUT2D eigenvalue weighted by atomic mass is 9.92. The van der Waals surface area contributed by atoms with Crippen LogP contribution >= 0.6 is 0 Å². The van der Waals surface area contributed by atoms with Crippen molar-refractivity contribution < 1.29 is 44.7 Å². The molecule has 8 atom stereocenters. The molecule has 1 aromatic rings. The monoisotopic (exact) mass is 481 g/mol. The summed E-state index contributed by atoms with van der Waals surface area (Å²) in [5, 5.41) is 54.9. The number of aromatic hydroxyl groups is 1. The Morgan fingerprint density at radius 3 is 2.59 bits per heavy atom. The summed E-state index contributed by atoms with van der Waals surface area (Å²) >= 11 is 0. The van der Waals surface area contributed by atoms with Crippen LogP contribution in [0.5, 0.6) is 5.75 Å². The molecular formula is C20H27N5O9. The molecule has 1 aromatic heterocycles. The van der Waals surface area contributed by atoms with Crippen molar-refractivity contribution in [2.75, 3.05) is 6.67 Å². The highest BCUT2D eigenvalue weighted by Crippen LogP contribution is 2.28. The molecule has 2 aliphatic rings. The Balaban J connectivity index is 1.69. The van der Waals surface area contributed by atoms with E-state index in [1.54, 1.807) is 0 Å². The van der Waals surface area contributed by atoms with Gasteiger partial charge in [0.05, 0.1) is 24.6 Å². The summed E-state index contributed by atoms with van der Waals surface area (Å²) in [4.78, 5) is 41.1. The fraction of sp³-hybridized carbons (Fsp3) is 0.500. The summed E-state index contributed by atoms with van der Waals surface area (Å²) in [5.74, 6) is -3.90. The molecule has 14 nitrogen and oxygen atoms in total. The predicted molar refractivity (Wildman–Crippen MR) is 112 cm³/mol. The second-order valence-corrected chi connectivity index (χ2v) is 8.10. The molecule has 14 heteroatoms. The third kappa shape index (κ3) is 5.26. The van der Waals surface area contributed by atoms with Crippen LogP contribution < -0.4 is 16.4 Å². The lowest BCUT2D eigenvalue weighted by Crippen LogP contribution is -2.57. The number of aliphatic hydroxyl groups is 3. The number of pyridine rings is 1. The van der Waals surface area contributed by atoms with E-state index in [0.717, 1.165) is 6.20 Å². The van der Waals surface area contributed by atoms with Gasteiger partial charge in [0.1, 0.15) is 30.2 Å². The lowest BCUT2D eigenvalue weighted by molar-refractivity contribution is -0.150. The van der Waals surface area contributed by atoms with Crippen LogP contribution in [-0.2, 0) is 19.1 Å². The van der Waals surface area contributed by atoms with Crippen LogP contribution in [0.4, 0.5) is 0 Å². The van der Waals surface area contributed by atoms with Gasteiger partial charge in [-0.05, 0) is 12.1 Å².